The molecule has 5 rings (SSSR count). The largest absolute Gasteiger partial charge is 0.311 e. The van der Waals surface area contributed by atoms with Gasteiger partial charge in [-0.15, -0.1) is 0 Å². The normalized spacial score (nSPS) is 22.4. The fraction of sp³-hybridized carbons (Fsp3) is 0.158. The summed E-state index contributed by atoms with van der Waals surface area (Å²) in [6.07, 6.45) is 1.83. The number of nitrogens with zero attached hydrogens (tertiary/aromatic N) is 2. The van der Waals surface area contributed by atoms with Crippen molar-refractivity contribution in [2.75, 3.05) is 13.1 Å². The Morgan fingerprint density at radius 1 is 1.00 bits per heavy atom. The van der Waals surface area contributed by atoms with Crippen LogP contribution in [0.2, 0.25) is 0 Å². The first-order valence-electron chi connectivity index (χ1n) is 7.83. The average molecular weight is 301 g/mol. The van der Waals surface area contributed by atoms with E-state index in [-0.39, 0.29) is 5.91 Å². The van der Waals surface area contributed by atoms with Crippen molar-refractivity contribution in [1.82, 2.24) is 15.2 Å². The zero-order chi connectivity index (χ0) is 15.4. The van der Waals surface area contributed by atoms with E-state index in [1.54, 1.807) is 0 Å². The highest BCUT2D eigenvalue weighted by Crippen LogP contribution is 2.45. The van der Waals surface area contributed by atoms with Crippen LogP contribution in [0.5, 0.6) is 0 Å². The van der Waals surface area contributed by atoms with Crippen molar-refractivity contribution in [2.45, 2.75) is 5.66 Å². The molecule has 1 amide bonds. The summed E-state index contributed by atoms with van der Waals surface area (Å²) >= 11 is 0. The van der Waals surface area contributed by atoms with E-state index < -0.39 is 5.66 Å². The lowest BCUT2D eigenvalue weighted by Crippen LogP contribution is -2.47. The molecule has 4 nitrogen and oxygen atoms in total. The SMILES string of the molecule is O=C1c2ccccc2C2(c3ccnc4ccccc34)NCCN12. The summed E-state index contributed by atoms with van der Waals surface area (Å²) in [4.78, 5) is 19.3. The molecule has 2 aliphatic heterocycles. The van der Waals surface area contributed by atoms with Crippen molar-refractivity contribution in [3.05, 3.63) is 77.5 Å². The summed E-state index contributed by atoms with van der Waals surface area (Å²) in [5, 5.41) is 4.69. The van der Waals surface area contributed by atoms with Crippen LogP contribution in [0, 0.1) is 0 Å². The Bertz CT molecular complexity index is 947. The van der Waals surface area contributed by atoms with Crippen molar-refractivity contribution in [3.8, 4) is 0 Å². The van der Waals surface area contributed by atoms with E-state index in [0.717, 1.165) is 34.1 Å². The highest BCUT2D eigenvalue weighted by atomic mass is 16.2. The second-order valence-corrected chi connectivity index (χ2v) is 6.02. The predicted molar refractivity (Wildman–Crippen MR) is 88.0 cm³/mol. The van der Waals surface area contributed by atoms with Gasteiger partial charge in [-0.3, -0.25) is 15.1 Å². The number of pyridine rings is 1. The Morgan fingerprint density at radius 3 is 2.78 bits per heavy atom. The number of rotatable bonds is 1. The molecule has 2 aromatic carbocycles. The van der Waals surface area contributed by atoms with Crippen molar-refractivity contribution >= 4 is 16.8 Å². The van der Waals surface area contributed by atoms with E-state index in [2.05, 4.69) is 22.4 Å². The lowest BCUT2D eigenvalue weighted by Gasteiger charge is -2.34. The van der Waals surface area contributed by atoms with Crippen molar-refractivity contribution in [2.24, 2.45) is 0 Å². The number of carbonyl (C=O) groups excluding carboxylic acids is 1. The van der Waals surface area contributed by atoms with Gasteiger partial charge in [-0.2, -0.15) is 0 Å². The highest BCUT2D eigenvalue weighted by molar-refractivity contribution is 6.02. The zero-order valence-corrected chi connectivity index (χ0v) is 12.5. The maximum Gasteiger partial charge on any atom is 0.256 e. The molecular weight excluding hydrogens is 286 g/mol. The summed E-state index contributed by atoms with van der Waals surface area (Å²) < 4.78 is 0. The molecule has 3 aromatic rings. The number of nitrogens with one attached hydrogen (secondary N) is 1. The van der Waals surface area contributed by atoms with E-state index in [0.29, 0.717) is 6.54 Å². The molecule has 1 N–H and O–H groups in total. The van der Waals surface area contributed by atoms with Crippen LogP contribution in [0.15, 0.2) is 60.8 Å². The number of carbonyl (C=O) groups is 1. The second kappa shape index (κ2) is 4.40. The maximum atomic E-state index is 12.9. The van der Waals surface area contributed by atoms with Gasteiger partial charge in [0.05, 0.1) is 5.52 Å². The molecule has 0 saturated carbocycles. The number of amides is 1. The van der Waals surface area contributed by atoms with Gasteiger partial charge in [0.1, 0.15) is 5.66 Å². The topological polar surface area (TPSA) is 45.2 Å². The lowest BCUT2D eigenvalue weighted by atomic mass is 9.89. The lowest BCUT2D eigenvalue weighted by molar-refractivity contribution is 0.0696. The first-order chi connectivity index (χ1) is 11.3. The van der Waals surface area contributed by atoms with Crippen LogP contribution < -0.4 is 5.32 Å². The molecule has 1 saturated heterocycles. The van der Waals surface area contributed by atoms with Crippen LogP contribution >= 0.6 is 0 Å². The number of hydrogen-bond acceptors (Lipinski definition) is 3. The van der Waals surface area contributed by atoms with E-state index in [1.807, 2.05) is 53.6 Å². The average Bonchev–Trinajstić information content (AvgIpc) is 3.14. The zero-order valence-electron chi connectivity index (χ0n) is 12.5. The molecule has 1 fully saturated rings. The summed E-state index contributed by atoms with van der Waals surface area (Å²) in [7, 11) is 0. The van der Waals surface area contributed by atoms with Crippen LogP contribution in [-0.2, 0) is 5.66 Å². The Morgan fingerprint density at radius 2 is 1.83 bits per heavy atom. The quantitative estimate of drug-likeness (QED) is 0.751. The molecule has 112 valence electrons. The summed E-state index contributed by atoms with van der Waals surface area (Å²) in [6.45, 7) is 1.50. The van der Waals surface area contributed by atoms with Gasteiger partial charge >= 0.3 is 0 Å². The van der Waals surface area contributed by atoms with Crippen molar-refractivity contribution < 1.29 is 4.79 Å². The number of benzene rings is 2. The van der Waals surface area contributed by atoms with E-state index in [1.165, 1.54) is 0 Å². The maximum absolute atomic E-state index is 12.9. The minimum Gasteiger partial charge on any atom is -0.311 e. The first kappa shape index (κ1) is 12.8. The molecule has 1 aromatic heterocycles. The standard InChI is InChI=1S/C19H15N3O/c23-18-14-6-1-3-7-15(14)19(21-11-12-22(18)19)16-9-10-20-17-8-4-2-5-13(16)17/h1-10,21H,11-12H2. The third-order valence-corrected chi connectivity index (χ3v) is 4.95. The highest BCUT2D eigenvalue weighted by Gasteiger charge is 2.53. The Labute approximate surface area is 133 Å². The van der Waals surface area contributed by atoms with Crippen LogP contribution in [0.25, 0.3) is 10.9 Å². The van der Waals surface area contributed by atoms with E-state index in [4.69, 9.17) is 0 Å². The Hall–Kier alpha value is -2.72. The van der Waals surface area contributed by atoms with Crippen LogP contribution in [-0.4, -0.2) is 28.9 Å². The monoisotopic (exact) mass is 301 g/mol. The van der Waals surface area contributed by atoms with Crippen molar-refractivity contribution in [3.63, 3.8) is 0 Å². The Balaban J connectivity index is 1.89. The van der Waals surface area contributed by atoms with Gasteiger partial charge in [-0.1, -0.05) is 36.4 Å². The molecule has 0 aliphatic carbocycles. The molecule has 23 heavy (non-hydrogen) atoms. The van der Waals surface area contributed by atoms with E-state index in [9.17, 15) is 4.79 Å². The van der Waals surface area contributed by atoms with Gasteiger partial charge in [-0.25, -0.2) is 0 Å². The molecule has 2 aliphatic rings. The minimum absolute atomic E-state index is 0.103. The summed E-state index contributed by atoms with van der Waals surface area (Å²) in [5.41, 5.74) is 3.30. The number of aromatic nitrogens is 1. The van der Waals surface area contributed by atoms with Gasteiger partial charge in [0.25, 0.3) is 5.91 Å². The number of fused-ring (bicyclic) bond motifs is 4. The van der Waals surface area contributed by atoms with Crippen LogP contribution in [0.3, 0.4) is 0 Å². The summed E-state index contributed by atoms with van der Waals surface area (Å²) in [5.74, 6) is 0.103. The smallest absolute Gasteiger partial charge is 0.256 e. The van der Waals surface area contributed by atoms with Gasteiger partial charge < -0.3 is 4.90 Å². The molecule has 0 radical (unpaired) electrons. The summed E-state index contributed by atoms with van der Waals surface area (Å²) in [6, 6.07) is 18.0. The van der Waals surface area contributed by atoms with Crippen LogP contribution in [0.1, 0.15) is 21.5 Å². The van der Waals surface area contributed by atoms with Gasteiger partial charge in [0.2, 0.25) is 0 Å². The van der Waals surface area contributed by atoms with Crippen LogP contribution in [0.4, 0.5) is 0 Å². The van der Waals surface area contributed by atoms with Gasteiger partial charge in [-0.05, 0) is 18.2 Å². The molecule has 1 unspecified atom stereocenters. The molecule has 3 heterocycles. The molecule has 0 bridgehead atoms. The fourth-order valence-corrected chi connectivity index (χ4v) is 4.03. The molecule has 4 heteroatoms. The second-order valence-electron chi connectivity index (χ2n) is 6.02. The van der Waals surface area contributed by atoms with Gasteiger partial charge in [0.15, 0.2) is 0 Å². The van der Waals surface area contributed by atoms with Crippen molar-refractivity contribution in [1.29, 1.82) is 0 Å². The Kier molecular flexibility index (Phi) is 2.44. The molecule has 1 atom stereocenters. The fourth-order valence-electron chi connectivity index (χ4n) is 4.03. The number of para-hydroxylation sites is 1. The first-order valence-corrected chi connectivity index (χ1v) is 7.83. The predicted octanol–water partition coefficient (Wildman–Crippen LogP) is 2.49. The van der Waals surface area contributed by atoms with E-state index >= 15 is 0 Å². The molecule has 0 spiro atoms. The third-order valence-electron chi connectivity index (χ3n) is 4.95. The molecular formula is C19H15N3O. The minimum atomic E-state index is -0.573. The van der Waals surface area contributed by atoms with Gasteiger partial charge in [0, 0.05) is 41.4 Å². The third kappa shape index (κ3) is 1.48. The number of hydrogen-bond donors (Lipinski definition) is 1.